The van der Waals surface area contributed by atoms with Crippen molar-refractivity contribution in [3.05, 3.63) is 18.0 Å². The summed E-state index contributed by atoms with van der Waals surface area (Å²) < 4.78 is 8.26. The number of likely N-dealkylation sites (N-methyl/N-ethyl adjacent to an activating group) is 1. The van der Waals surface area contributed by atoms with E-state index < -0.39 is 0 Å². The van der Waals surface area contributed by atoms with Crippen molar-refractivity contribution < 1.29 is 4.74 Å². The van der Waals surface area contributed by atoms with E-state index in [9.17, 15) is 0 Å². The molecule has 0 saturated carbocycles. The molecule has 0 bridgehead atoms. The third kappa shape index (κ3) is 2.62. The normalized spacial score (nSPS) is 28.5. The maximum atomic E-state index is 6.18. The molecule has 1 aromatic heterocycles. The monoisotopic (exact) mass is 278 g/mol. The number of nitrogens with one attached hydrogen (secondary N) is 1. The van der Waals surface area contributed by atoms with Crippen molar-refractivity contribution in [2.45, 2.75) is 51.4 Å². The quantitative estimate of drug-likeness (QED) is 0.884. The van der Waals surface area contributed by atoms with Gasteiger partial charge in [-0.05, 0) is 38.9 Å². The van der Waals surface area contributed by atoms with Gasteiger partial charge in [0.15, 0.2) is 0 Å². The number of nitrogens with zero attached hydrogens (tertiary/aromatic N) is 3. The predicted molar refractivity (Wildman–Crippen MR) is 78.7 cm³/mol. The molecule has 0 aliphatic carbocycles. The second kappa shape index (κ2) is 6.24. The zero-order valence-electron chi connectivity index (χ0n) is 12.6. The SMILES string of the molecule is CCNC(c1ccnn1CC)C1CN2CCCC2CO1. The molecule has 1 aromatic rings. The van der Waals surface area contributed by atoms with E-state index in [0.29, 0.717) is 6.04 Å². The Morgan fingerprint density at radius 3 is 3.20 bits per heavy atom. The minimum Gasteiger partial charge on any atom is -0.373 e. The Morgan fingerprint density at radius 2 is 2.40 bits per heavy atom. The van der Waals surface area contributed by atoms with Crippen LogP contribution < -0.4 is 5.32 Å². The summed E-state index contributed by atoms with van der Waals surface area (Å²) >= 11 is 0. The molecule has 3 unspecified atom stereocenters. The van der Waals surface area contributed by atoms with Crippen LogP contribution in [0.2, 0.25) is 0 Å². The van der Waals surface area contributed by atoms with Crippen LogP contribution in [0.5, 0.6) is 0 Å². The summed E-state index contributed by atoms with van der Waals surface area (Å²) in [4.78, 5) is 2.60. The van der Waals surface area contributed by atoms with Gasteiger partial charge in [0.1, 0.15) is 0 Å². The van der Waals surface area contributed by atoms with Crippen LogP contribution in [0.3, 0.4) is 0 Å². The molecule has 20 heavy (non-hydrogen) atoms. The van der Waals surface area contributed by atoms with Crippen molar-refractivity contribution in [1.29, 1.82) is 0 Å². The van der Waals surface area contributed by atoms with E-state index in [0.717, 1.165) is 26.2 Å². The molecule has 2 aliphatic rings. The maximum Gasteiger partial charge on any atom is 0.0912 e. The molecule has 112 valence electrons. The summed E-state index contributed by atoms with van der Waals surface area (Å²) in [7, 11) is 0. The van der Waals surface area contributed by atoms with Gasteiger partial charge in [0.25, 0.3) is 0 Å². The largest absolute Gasteiger partial charge is 0.373 e. The highest BCUT2D eigenvalue weighted by atomic mass is 16.5. The van der Waals surface area contributed by atoms with Crippen molar-refractivity contribution in [2.24, 2.45) is 0 Å². The minimum atomic E-state index is 0.228. The van der Waals surface area contributed by atoms with Crippen LogP contribution in [-0.2, 0) is 11.3 Å². The standard InChI is InChI=1S/C15H26N4O/c1-3-16-15(13-7-8-17-19(13)4-2)14-10-18-9-5-6-12(18)11-20-14/h7-8,12,14-16H,3-6,9-11H2,1-2H3. The zero-order valence-corrected chi connectivity index (χ0v) is 12.6. The van der Waals surface area contributed by atoms with Gasteiger partial charge in [0.05, 0.1) is 24.4 Å². The molecule has 5 nitrogen and oxygen atoms in total. The molecular weight excluding hydrogens is 252 g/mol. The number of fused-ring (bicyclic) bond motifs is 1. The third-order valence-electron chi connectivity index (χ3n) is 4.58. The second-order valence-corrected chi connectivity index (χ2v) is 5.77. The Morgan fingerprint density at radius 1 is 1.50 bits per heavy atom. The summed E-state index contributed by atoms with van der Waals surface area (Å²) in [6.07, 6.45) is 4.74. The molecule has 2 aliphatic heterocycles. The first-order valence-electron chi connectivity index (χ1n) is 7.94. The van der Waals surface area contributed by atoms with Gasteiger partial charge in [-0.15, -0.1) is 0 Å². The lowest BCUT2D eigenvalue weighted by molar-refractivity contribution is -0.0662. The van der Waals surface area contributed by atoms with Crippen LogP contribution in [0, 0.1) is 0 Å². The lowest BCUT2D eigenvalue weighted by Gasteiger charge is -2.39. The van der Waals surface area contributed by atoms with E-state index in [1.807, 2.05) is 6.20 Å². The Labute approximate surface area is 121 Å². The Kier molecular flexibility index (Phi) is 4.38. The van der Waals surface area contributed by atoms with E-state index in [-0.39, 0.29) is 12.1 Å². The fourth-order valence-corrected chi connectivity index (χ4v) is 3.56. The molecule has 2 saturated heterocycles. The summed E-state index contributed by atoms with van der Waals surface area (Å²) in [5.74, 6) is 0. The molecule has 0 aromatic carbocycles. The topological polar surface area (TPSA) is 42.3 Å². The Bertz CT molecular complexity index is 433. The van der Waals surface area contributed by atoms with Crippen LogP contribution in [0.4, 0.5) is 0 Å². The fourth-order valence-electron chi connectivity index (χ4n) is 3.56. The fraction of sp³-hybridized carbons (Fsp3) is 0.800. The average molecular weight is 278 g/mol. The molecule has 0 radical (unpaired) electrons. The smallest absolute Gasteiger partial charge is 0.0912 e. The number of morpholine rings is 1. The first-order valence-corrected chi connectivity index (χ1v) is 7.94. The second-order valence-electron chi connectivity index (χ2n) is 5.77. The highest BCUT2D eigenvalue weighted by Crippen LogP contribution is 2.28. The summed E-state index contributed by atoms with van der Waals surface area (Å²) in [6.45, 7) is 9.30. The van der Waals surface area contributed by atoms with Crippen LogP contribution in [0.1, 0.15) is 38.4 Å². The molecule has 3 atom stereocenters. The molecule has 3 heterocycles. The Balaban J connectivity index is 1.76. The first kappa shape index (κ1) is 14.0. The molecule has 3 rings (SSSR count). The van der Waals surface area contributed by atoms with Crippen molar-refractivity contribution in [1.82, 2.24) is 20.0 Å². The summed E-state index contributed by atoms with van der Waals surface area (Å²) in [5, 5.41) is 8.00. The first-order chi connectivity index (χ1) is 9.83. The van der Waals surface area contributed by atoms with Gasteiger partial charge in [-0.3, -0.25) is 9.58 Å². The minimum absolute atomic E-state index is 0.228. The van der Waals surface area contributed by atoms with Gasteiger partial charge in [-0.1, -0.05) is 6.92 Å². The van der Waals surface area contributed by atoms with Crippen LogP contribution >= 0.6 is 0 Å². The number of aryl methyl sites for hydroxylation is 1. The van der Waals surface area contributed by atoms with Crippen molar-refractivity contribution >= 4 is 0 Å². The van der Waals surface area contributed by atoms with Gasteiger partial charge in [0, 0.05) is 25.3 Å². The maximum absolute atomic E-state index is 6.18. The summed E-state index contributed by atoms with van der Waals surface area (Å²) in [6, 6.07) is 3.02. The highest BCUT2D eigenvalue weighted by molar-refractivity contribution is 5.10. The molecule has 5 heteroatoms. The van der Waals surface area contributed by atoms with E-state index >= 15 is 0 Å². The van der Waals surface area contributed by atoms with E-state index in [1.54, 1.807) is 0 Å². The number of ether oxygens (including phenoxy) is 1. The average Bonchev–Trinajstić information content (AvgIpc) is 3.12. The Hall–Kier alpha value is -0.910. The predicted octanol–water partition coefficient (Wildman–Crippen LogP) is 1.42. The van der Waals surface area contributed by atoms with Gasteiger partial charge in [0.2, 0.25) is 0 Å². The van der Waals surface area contributed by atoms with E-state index in [2.05, 4.69) is 39.9 Å². The molecule has 0 amide bonds. The van der Waals surface area contributed by atoms with Gasteiger partial charge < -0.3 is 10.1 Å². The lowest BCUT2D eigenvalue weighted by Crippen LogP contribution is -2.51. The highest BCUT2D eigenvalue weighted by Gasteiger charge is 2.36. The molecule has 1 N–H and O–H groups in total. The van der Waals surface area contributed by atoms with E-state index in [1.165, 1.54) is 25.1 Å². The number of hydrogen-bond donors (Lipinski definition) is 1. The van der Waals surface area contributed by atoms with Crippen LogP contribution in [0.15, 0.2) is 12.3 Å². The molecule has 0 spiro atoms. The number of aromatic nitrogens is 2. The van der Waals surface area contributed by atoms with E-state index in [4.69, 9.17) is 4.74 Å². The molecular formula is C15H26N4O. The lowest BCUT2D eigenvalue weighted by atomic mass is 10.0. The molecule has 2 fully saturated rings. The van der Waals surface area contributed by atoms with Crippen molar-refractivity contribution in [3.8, 4) is 0 Å². The van der Waals surface area contributed by atoms with Crippen LogP contribution in [-0.4, -0.2) is 53.1 Å². The zero-order chi connectivity index (χ0) is 13.9. The van der Waals surface area contributed by atoms with Gasteiger partial charge in [-0.2, -0.15) is 5.10 Å². The third-order valence-corrected chi connectivity index (χ3v) is 4.58. The summed E-state index contributed by atoms with van der Waals surface area (Å²) in [5.41, 5.74) is 1.25. The van der Waals surface area contributed by atoms with Crippen molar-refractivity contribution in [2.75, 3.05) is 26.2 Å². The van der Waals surface area contributed by atoms with Gasteiger partial charge >= 0.3 is 0 Å². The number of hydrogen-bond acceptors (Lipinski definition) is 4. The number of rotatable bonds is 5. The van der Waals surface area contributed by atoms with Crippen LogP contribution in [0.25, 0.3) is 0 Å². The van der Waals surface area contributed by atoms with Gasteiger partial charge in [-0.25, -0.2) is 0 Å². The van der Waals surface area contributed by atoms with Crippen molar-refractivity contribution in [3.63, 3.8) is 0 Å².